The SMILES string of the molecule is CCc1n[nH]c(CN2CCC(Oc3cccnc3)CC2)n1. The lowest BCUT2D eigenvalue weighted by molar-refractivity contribution is 0.0951. The number of likely N-dealkylation sites (tertiary alicyclic amines) is 1. The predicted octanol–water partition coefficient (Wildman–Crippen LogP) is 1.81. The van der Waals surface area contributed by atoms with Gasteiger partial charge in [-0.15, -0.1) is 0 Å². The van der Waals surface area contributed by atoms with Crippen LogP contribution in [0.1, 0.15) is 31.4 Å². The van der Waals surface area contributed by atoms with Gasteiger partial charge in [-0.05, 0) is 25.0 Å². The van der Waals surface area contributed by atoms with Crippen LogP contribution in [0, 0.1) is 0 Å². The molecular weight excluding hydrogens is 266 g/mol. The summed E-state index contributed by atoms with van der Waals surface area (Å²) in [6.45, 7) is 4.95. The van der Waals surface area contributed by atoms with Gasteiger partial charge in [0.2, 0.25) is 0 Å². The van der Waals surface area contributed by atoms with E-state index in [0.29, 0.717) is 0 Å². The Balaban J connectivity index is 1.46. The first-order chi connectivity index (χ1) is 10.3. The van der Waals surface area contributed by atoms with Crippen molar-refractivity contribution in [1.29, 1.82) is 0 Å². The molecule has 3 heterocycles. The molecule has 21 heavy (non-hydrogen) atoms. The number of nitrogens with one attached hydrogen (secondary N) is 1. The zero-order valence-electron chi connectivity index (χ0n) is 12.3. The Bertz CT molecular complexity index is 548. The van der Waals surface area contributed by atoms with Crippen LogP contribution in [0.2, 0.25) is 0 Å². The molecule has 0 spiro atoms. The van der Waals surface area contributed by atoms with Crippen molar-refractivity contribution in [3.05, 3.63) is 36.2 Å². The van der Waals surface area contributed by atoms with E-state index in [1.54, 1.807) is 12.4 Å². The average Bonchev–Trinajstić information content (AvgIpc) is 2.98. The second-order valence-corrected chi connectivity index (χ2v) is 5.33. The third kappa shape index (κ3) is 3.78. The van der Waals surface area contributed by atoms with Crippen molar-refractivity contribution >= 4 is 0 Å². The monoisotopic (exact) mass is 287 g/mol. The summed E-state index contributed by atoms with van der Waals surface area (Å²) in [4.78, 5) is 10.9. The van der Waals surface area contributed by atoms with Gasteiger partial charge >= 0.3 is 0 Å². The van der Waals surface area contributed by atoms with Crippen LogP contribution in [-0.2, 0) is 13.0 Å². The summed E-state index contributed by atoms with van der Waals surface area (Å²) in [7, 11) is 0. The smallest absolute Gasteiger partial charge is 0.150 e. The van der Waals surface area contributed by atoms with Gasteiger partial charge in [-0.25, -0.2) is 4.98 Å². The van der Waals surface area contributed by atoms with Gasteiger partial charge in [-0.2, -0.15) is 5.10 Å². The molecule has 0 bridgehead atoms. The third-order valence-electron chi connectivity index (χ3n) is 3.74. The molecule has 112 valence electrons. The molecule has 1 fully saturated rings. The van der Waals surface area contributed by atoms with E-state index in [2.05, 4.69) is 32.0 Å². The summed E-state index contributed by atoms with van der Waals surface area (Å²) in [5, 5.41) is 7.19. The Morgan fingerprint density at radius 1 is 1.38 bits per heavy atom. The fourth-order valence-corrected chi connectivity index (χ4v) is 2.57. The standard InChI is InChI=1S/C15H21N5O/c1-2-14-17-15(19-18-14)11-20-8-5-12(6-9-20)21-13-4-3-7-16-10-13/h3-4,7,10,12H,2,5-6,8-9,11H2,1H3,(H,17,18,19). The number of nitrogens with zero attached hydrogens (tertiary/aromatic N) is 4. The molecule has 0 aromatic carbocycles. The van der Waals surface area contributed by atoms with Crippen molar-refractivity contribution in [2.24, 2.45) is 0 Å². The lowest BCUT2D eigenvalue weighted by Crippen LogP contribution is -2.38. The number of hydrogen-bond acceptors (Lipinski definition) is 5. The maximum atomic E-state index is 5.95. The van der Waals surface area contributed by atoms with Gasteiger partial charge in [-0.3, -0.25) is 15.0 Å². The molecule has 0 aliphatic carbocycles. The highest BCUT2D eigenvalue weighted by atomic mass is 16.5. The lowest BCUT2D eigenvalue weighted by Gasteiger charge is -2.31. The summed E-state index contributed by atoms with van der Waals surface area (Å²) in [6.07, 6.45) is 6.75. The van der Waals surface area contributed by atoms with Crippen LogP contribution in [0.5, 0.6) is 5.75 Å². The fraction of sp³-hybridized carbons (Fsp3) is 0.533. The minimum atomic E-state index is 0.284. The highest BCUT2D eigenvalue weighted by molar-refractivity contribution is 5.15. The molecule has 6 nitrogen and oxygen atoms in total. The number of pyridine rings is 1. The summed E-state index contributed by atoms with van der Waals surface area (Å²) in [5.74, 6) is 2.71. The van der Waals surface area contributed by atoms with Gasteiger partial charge < -0.3 is 4.74 Å². The van der Waals surface area contributed by atoms with Crippen molar-refractivity contribution < 1.29 is 4.74 Å². The summed E-state index contributed by atoms with van der Waals surface area (Å²) in [6, 6.07) is 3.86. The molecule has 0 unspecified atom stereocenters. The van der Waals surface area contributed by atoms with Gasteiger partial charge in [0, 0.05) is 25.7 Å². The minimum Gasteiger partial charge on any atom is -0.489 e. The maximum Gasteiger partial charge on any atom is 0.150 e. The number of aromatic nitrogens is 4. The third-order valence-corrected chi connectivity index (χ3v) is 3.74. The lowest BCUT2D eigenvalue weighted by atomic mass is 10.1. The Kier molecular flexibility index (Phi) is 4.45. The van der Waals surface area contributed by atoms with Crippen LogP contribution < -0.4 is 4.74 Å². The first-order valence-electron chi connectivity index (χ1n) is 7.52. The Hall–Kier alpha value is -1.95. The quantitative estimate of drug-likeness (QED) is 0.908. The number of H-pyrrole nitrogens is 1. The van der Waals surface area contributed by atoms with E-state index < -0.39 is 0 Å². The fourth-order valence-electron chi connectivity index (χ4n) is 2.57. The summed E-state index contributed by atoms with van der Waals surface area (Å²) >= 11 is 0. The maximum absolute atomic E-state index is 5.95. The van der Waals surface area contributed by atoms with Crippen molar-refractivity contribution in [3.8, 4) is 5.75 Å². The topological polar surface area (TPSA) is 66.9 Å². The molecule has 0 atom stereocenters. The van der Waals surface area contributed by atoms with Crippen LogP contribution >= 0.6 is 0 Å². The number of aromatic amines is 1. The molecule has 1 saturated heterocycles. The molecule has 1 aliphatic heterocycles. The van der Waals surface area contributed by atoms with Crippen molar-refractivity contribution in [3.63, 3.8) is 0 Å². The van der Waals surface area contributed by atoms with Gasteiger partial charge in [0.25, 0.3) is 0 Å². The molecule has 1 aliphatic rings. The number of rotatable bonds is 5. The molecular formula is C15H21N5O. The van der Waals surface area contributed by atoms with E-state index >= 15 is 0 Å². The number of aryl methyl sites for hydroxylation is 1. The highest BCUT2D eigenvalue weighted by Crippen LogP contribution is 2.18. The van der Waals surface area contributed by atoms with Crippen LogP contribution in [-0.4, -0.2) is 44.3 Å². The second-order valence-electron chi connectivity index (χ2n) is 5.33. The molecule has 2 aromatic heterocycles. The number of ether oxygens (including phenoxy) is 1. The van der Waals surface area contributed by atoms with E-state index in [-0.39, 0.29) is 6.10 Å². The largest absolute Gasteiger partial charge is 0.489 e. The van der Waals surface area contributed by atoms with Gasteiger partial charge in [0.15, 0.2) is 0 Å². The van der Waals surface area contributed by atoms with E-state index in [1.807, 2.05) is 12.1 Å². The molecule has 0 radical (unpaired) electrons. The molecule has 0 saturated carbocycles. The molecule has 0 amide bonds. The molecule has 2 aromatic rings. The van der Waals surface area contributed by atoms with E-state index in [0.717, 1.165) is 56.3 Å². The first-order valence-corrected chi connectivity index (χ1v) is 7.52. The average molecular weight is 287 g/mol. The highest BCUT2D eigenvalue weighted by Gasteiger charge is 2.21. The van der Waals surface area contributed by atoms with E-state index in [4.69, 9.17) is 4.74 Å². The van der Waals surface area contributed by atoms with Crippen LogP contribution in [0.3, 0.4) is 0 Å². The van der Waals surface area contributed by atoms with E-state index in [9.17, 15) is 0 Å². The molecule has 3 rings (SSSR count). The van der Waals surface area contributed by atoms with Crippen molar-refractivity contribution in [2.75, 3.05) is 13.1 Å². The summed E-state index contributed by atoms with van der Waals surface area (Å²) in [5.41, 5.74) is 0. The molecule has 6 heteroatoms. The minimum absolute atomic E-state index is 0.284. The Labute approximate surface area is 124 Å². The number of piperidine rings is 1. The zero-order valence-corrected chi connectivity index (χ0v) is 12.3. The van der Waals surface area contributed by atoms with Gasteiger partial charge in [-0.1, -0.05) is 6.92 Å². The van der Waals surface area contributed by atoms with Gasteiger partial charge in [0.1, 0.15) is 23.5 Å². The molecule has 1 N–H and O–H groups in total. The zero-order chi connectivity index (χ0) is 14.5. The van der Waals surface area contributed by atoms with Gasteiger partial charge in [0.05, 0.1) is 12.7 Å². The first kappa shape index (κ1) is 14.0. The van der Waals surface area contributed by atoms with Crippen LogP contribution in [0.4, 0.5) is 0 Å². The Morgan fingerprint density at radius 3 is 2.90 bits per heavy atom. The van der Waals surface area contributed by atoms with Crippen LogP contribution in [0.15, 0.2) is 24.5 Å². The van der Waals surface area contributed by atoms with Crippen molar-refractivity contribution in [1.82, 2.24) is 25.1 Å². The number of hydrogen-bond donors (Lipinski definition) is 1. The normalized spacial score (nSPS) is 17.0. The van der Waals surface area contributed by atoms with Crippen molar-refractivity contribution in [2.45, 2.75) is 38.8 Å². The second kappa shape index (κ2) is 6.67. The van der Waals surface area contributed by atoms with E-state index in [1.165, 1.54) is 0 Å². The Morgan fingerprint density at radius 2 is 2.24 bits per heavy atom. The van der Waals surface area contributed by atoms with Crippen LogP contribution in [0.25, 0.3) is 0 Å². The summed E-state index contributed by atoms with van der Waals surface area (Å²) < 4.78 is 5.95. The predicted molar refractivity (Wildman–Crippen MR) is 78.9 cm³/mol.